The van der Waals surface area contributed by atoms with E-state index < -0.39 is 20.4 Å². The van der Waals surface area contributed by atoms with Crippen molar-refractivity contribution < 1.29 is 13.3 Å². The van der Waals surface area contributed by atoms with Gasteiger partial charge in [0.25, 0.3) is 0 Å². The van der Waals surface area contributed by atoms with Crippen LogP contribution in [0.15, 0.2) is 47.4 Å². The Morgan fingerprint density at radius 3 is 2.64 bits per heavy atom. The first kappa shape index (κ1) is 16.9. The van der Waals surface area contributed by atoms with E-state index in [1.807, 2.05) is 24.3 Å². The molecule has 0 fully saturated rings. The molecule has 0 atom stereocenters. The molecule has 0 saturated heterocycles. The Hall–Kier alpha value is -2.94. The number of H-pyrrole nitrogens is 1. The van der Waals surface area contributed by atoms with Crippen LogP contribution in [-0.4, -0.2) is 36.1 Å². The van der Waals surface area contributed by atoms with Crippen LogP contribution in [0, 0.1) is 10.1 Å². The number of aromatic nitrogens is 2. The van der Waals surface area contributed by atoms with E-state index in [0.29, 0.717) is 13.0 Å². The lowest BCUT2D eigenvalue weighted by Crippen LogP contribution is -2.10. The van der Waals surface area contributed by atoms with Crippen molar-refractivity contribution in [2.75, 3.05) is 18.1 Å². The fourth-order valence-corrected chi connectivity index (χ4v) is 3.45. The SMILES string of the molecule is CS(=O)(=O)c1cccc(NCCc2nc3ccccc3[nH]2)c1[N+](=O)[O-]. The normalized spacial score (nSPS) is 11.6. The van der Waals surface area contributed by atoms with Crippen molar-refractivity contribution in [2.45, 2.75) is 11.3 Å². The highest BCUT2D eigenvalue weighted by molar-refractivity contribution is 7.90. The van der Waals surface area contributed by atoms with E-state index in [9.17, 15) is 18.5 Å². The second-order valence-corrected chi connectivity index (χ2v) is 7.54. The largest absolute Gasteiger partial charge is 0.379 e. The van der Waals surface area contributed by atoms with E-state index in [0.717, 1.165) is 23.1 Å². The topological polar surface area (TPSA) is 118 Å². The Morgan fingerprint density at radius 1 is 1.20 bits per heavy atom. The monoisotopic (exact) mass is 360 g/mol. The summed E-state index contributed by atoms with van der Waals surface area (Å²) >= 11 is 0. The van der Waals surface area contributed by atoms with E-state index >= 15 is 0 Å². The van der Waals surface area contributed by atoms with Gasteiger partial charge in [0.2, 0.25) is 0 Å². The molecule has 3 rings (SSSR count). The number of nitro benzene ring substituents is 1. The summed E-state index contributed by atoms with van der Waals surface area (Å²) in [7, 11) is -3.70. The van der Waals surface area contributed by atoms with Crippen molar-refractivity contribution in [3.05, 3.63) is 58.4 Å². The van der Waals surface area contributed by atoms with Gasteiger partial charge in [-0.2, -0.15) is 0 Å². The lowest BCUT2D eigenvalue weighted by atomic mass is 10.2. The number of benzene rings is 2. The van der Waals surface area contributed by atoms with Crippen molar-refractivity contribution >= 4 is 32.2 Å². The molecule has 1 aromatic heterocycles. The zero-order valence-corrected chi connectivity index (χ0v) is 14.2. The number of imidazole rings is 1. The lowest BCUT2D eigenvalue weighted by Gasteiger charge is -2.08. The van der Waals surface area contributed by atoms with Crippen LogP contribution in [0.3, 0.4) is 0 Å². The van der Waals surface area contributed by atoms with Gasteiger partial charge in [0.05, 0.1) is 16.0 Å². The molecule has 3 aromatic rings. The number of aromatic amines is 1. The third kappa shape index (κ3) is 3.61. The third-order valence-corrected chi connectivity index (χ3v) is 4.83. The Labute approximate surface area is 144 Å². The minimum absolute atomic E-state index is 0.170. The van der Waals surface area contributed by atoms with Gasteiger partial charge in [-0.25, -0.2) is 13.4 Å². The average Bonchev–Trinajstić information content (AvgIpc) is 2.96. The van der Waals surface area contributed by atoms with Gasteiger partial charge in [0.1, 0.15) is 16.4 Å². The number of nitro groups is 1. The summed E-state index contributed by atoms with van der Waals surface area (Å²) in [5.74, 6) is 0.746. The number of nitrogens with one attached hydrogen (secondary N) is 2. The summed E-state index contributed by atoms with van der Waals surface area (Å²) < 4.78 is 23.5. The fraction of sp³-hybridized carbons (Fsp3) is 0.188. The summed E-state index contributed by atoms with van der Waals surface area (Å²) in [6.45, 7) is 0.369. The number of anilines is 1. The van der Waals surface area contributed by atoms with Crippen LogP contribution in [0.25, 0.3) is 11.0 Å². The van der Waals surface area contributed by atoms with Crippen LogP contribution in [0.5, 0.6) is 0 Å². The summed E-state index contributed by atoms with van der Waals surface area (Å²) in [5.41, 5.74) is 1.50. The number of para-hydroxylation sites is 3. The van der Waals surface area contributed by atoms with E-state index in [2.05, 4.69) is 15.3 Å². The molecule has 9 heteroatoms. The van der Waals surface area contributed by atoms with Crippen molar-refractivity contribution in [1.29, 1.82) is 0 Å². The summed E-state index contributed by atoms with van der Waals surface area (Å²) in [6.07, 6.45) is 1.46. The Bertz CT molecular complexity index is 1010. The van der Waals surface area contributed by atoms with Gasteiger partial charge in [0.15, 0.2) is 9.84 Å². The first-order valence-corrected chi connectivity index (χ1v) is 9.40. The van der Waals surface area contributed by atoms with Gasteiger partial charge in [-0.3, -0.25) is 10.1 Å². The van der Waals surface area contributed by atoms with Crippen LogP contribution in [-0.2, 0) is 16.3 Å². The molecular formula is C16H16N4O4S. The highest BCUT2D eigenvalue weighted by Crippen LogP contribution is 2.31. The van der Waals surface area contributed by atoms with Crippen LogP contribution < -0.4 is 5.32 Å². The standard InChI is InChI=1S/C16H16N4O4S/c1-25(23,24)14-8-4-7-13(16(14)20(21)22)17-10-9-15-18-11-5-2-3-6-12(11)19-15/h2-8,17H,9-10H2,1H3,(H,18,19). The molecule has 0 aliphatic rings. The number of nitrogens with zero attached hydrogens (tertiary/aromatic N) is 2. The van der Waals surface area contributed by atoms with Crippen LogP contribution in [0.2, 0.25) is 0 Å². The summed E-state index contributed by atoms with van der Waals surface area (Å²) in [4.78, 5) is 17.9. The molecule has 0 aliphatic heterocycles. The quantitative estimate of drug-likeness (QED) is 0.515. The minimum atomic E-state index is -3.70. The number of sulfone groups is 1. The summed E-state index contributed by atoms with van der Waals surface area (Å²) in [6, 6.07) is 11.8. The maximum Gasteiger partial charge on any atom is 0.310 e. The maximum atomic E-state index is 11.8. The zero-order valence-electron chi connectivity index (χ0n) is 13.4. The van der Waals surface area contributed by atoms with Gasteiger partial charge >= 0.3 is 5.69 Å². The molecule has 0 radical (unpaired) electrons. The first-order valence-electron chi connectivity index (χ1n) is 7.51. The van der Waals surface area contributed by atoms with Crippen molar-refractivity contribution in [3.63, 3.8) is 0 Å². The third-order valence-electron chi connectivity index (χ3n) is 3.70. The Kier molecular flexibility index (Phi) is 4.41. The highest BCUT2D eigenvalue weighted by atomic mass is 32.2. The van der Waals surface area contributed by atoms with Crippen molar-refractivity contribution in [3.8, 4) is 0 Å². The van der Waals surface area contributed by atoms with Gasteiger partial charge in [-0.1, -0.05) is 18.2 Å². The molecule has 0 amide bonds. The average molecular weight is 360 g/mol. The Morgan fingerprint density at radius 2 is 1.96 bits per heavy atom. The van der Waals surface area contributed by atoms with Crippen LogP contribution in [0.1, 0.15) is 5.82 Å². The lowest BCUT2D eigenvalue weighted by molar-refractivity contribution is -0.386. The van der Waals surface area contributed by atoms with Crippen LogP contribution >= 0.6 is 0 Å². The fourth-order valence-electron chi connectivity index (χ4n) is 2.59. The van der Waals surface area contributed by atoms with Gasteiger partial charge in [-0.05, 0) is 24.3 Å². The predicted octanol–water partition coefficient (Wildman–Crippen LogP) is 2.53. The molecule has 0 bridgehead atoms. The van der Waals surface area contributed by atoms with Gasteiger partial charge in [0, 0.05) is 19.2 Å². The number of hydrogen-bond acceptors (Lipinski definition) is 6. The van der Waals surface area contributed by atoms with Crippen molar-refractivity contribution in [1.82, 2.24) is 9.97 Å². The summed E-state index contributed by atoms with van der Waals surface area (Å²) in [5, 5.41) is 14.3. The molecule has 1 heterocycles. The van der Waals surface area contributed by atoms with E-state index in [-0.39, 0.29) is 10.6 Å². The van der Waals surface area contributed by atoms with Gasteiger partial charge < -0.3 is 10.3 Å². The molecule has 0 saturated carbocycles. The predicted molar refractivity (Wildman–Crippen MR) is 94.5 cm³/mol. The molecule has 2 aromatic carbocycles. The molecule has 0 spiro atoms. The van der Waals surface area contributed by atoms with Gasteiger partial charge in [-0.15, -0.1) is 0 Å². The molecule has 130 valence electrons. The molecule has 8 nitrogen and oxygen atoms in total. The number of fused-ring (bicyclic) bond motifs is 1. The maximum absolute atomic E-state index is 11.8. The molecule has 2 N–H and O–H groups in total. The Balaban J connectivity index is 1.80. The highest BCUT2D eigenvalue weighted by Gasteiger charge is 2.25. The second kappa shape index (κ2) is 6.52. The van der Waals surface area contributed by atoms with E-state index in [1.54, 1.807) is 0 Å². The van der Waals surface area contributed by atoms with Crippen LogP contribution in [0.4, 0.5) is 11.4 Å². The van der Waals surface area contributed by atoms with E-state index in [1.165, 1.54) is 18.2 Å². The van der Waals surface area contributed by atoms with Crippen molar-refractivity contribution in [2.24, 2.45) is 0 Å². The smallest absolute Gasteiger partial charge is 0.310 e. The minimum Gasteiger partial charge on any atom is -0.379 e. The van der Waals surface area contributed by atoms with E-state index in [4.69, 9.17) is 0 Å². The molecular weight excluding hydrogens is 344 g/mol. The first-order chi connectivity index (χ1) is 11.9. The molecule has 0 aliphatic carbocycles. The molecule has 0 unspecified atom stereocenters. The zero-order chi connectivity index (χ0) is 18.0. The number of hydrogen-bond donors (Lipinski definition) is 2. The molecule has 25 heavy (non-hydrogen) atoms. The number of rotatable bonds is 6. The second-order valence-electron chi connectivity index (χ2n) is 5.56.